The lowest BCUT2D eigenvalue weighted by atomic mass is 10.2. The molecule has 2 aromatic heterocycles. The molecule has 0 N–H and O–H groups in total. The van der Waals surface area contributed by atoms with Crippen molar-refractivity contribution in [2.24, 2.45) is 0 Å². The SMILES string of the molecule is CC(=O)n1ccc2c(Oc3ccc([N+](=O)[O-])cn3)cccc21. The van der Waals surface area contributed by atoms with E-state index in [-0.39, 0.29) is 17.5 Å². The minimum absolute atomic E-state index is 0.0967. The lowest BCUT2D eigenvalue weighted by Gasteiger charge is -2.06. The van der Waals surface area contributed by atoms with Crippen molar-refractivity contribution in [3.8, 4) is 11.6 Å². The molecule has 1 aromatic carbocycles. The van der Waals surface area contributed by atoms with Gasteiger partial charge in [-0.3, -0.25) is 19.5 Å². The fourth-order valence-electron chi connectivity index (χ4n) is 2.16. The van der Waals surface area contributed by atoms with Crippen LogP contribution in [0.2, 0.25) is 0 Å². The van der Waals surface area contributed by atoms with Crippen molar-refractivity contribution in [2.45, 2.75) is 6.92 Å². The fourth-order valence-corrected chi connectivity index (χ4v) is 2.16. The largest absolute Gasteiger partial charge is 0.438 e. The molecule has 0 radical (unpaired) electrons. The summed E-state index contributed by atoms with van der Waals surface area (Å²) in [7, 11) is 0. The van der Waals surface area contributed by atoms with E-state index in [0.29, 0.717) is 5.75 Å². The number of rotatable bonds is 3. The number of aromatic nitrogens is 2. The number of pyridine rings is 1. The highest BCUT2D eigenvalue weighted by Gasteiger charge is 2.11. The van der Waals surface area contributed by atoms with Gasteiger partial charge in [0.15, 0.2) is 0 Å². The third-order valence-electron chi connectivity index (χ3n) is 3.18. The normalized spacial score (nSPS) is 10.6. The molecule has 3 aromatic rings. The van der Waals surface area contributed by atoms with Crippen LogP contribution in [0.15, 0.2) is 48.8 Å². The van der Waals surface area contributed by atoms with E-state index in [1.54, 1.807) is 24.4 Å². The Bertz CT molecular complexity index is 868. The molecule has 0 aliphatic carbocycles. The second-order valence-corrected chi connectivity index (χ2v) is 4.61. The molecular weight excluding hydrogens is 286 g/mol. The van der Waals surface area contributed by atoms with E-state index in [1.165, 1.54) is 23.6 Å². The second-order valence-electron chi connectivity index (χ2n) is 4.61. The predicted octanol–water partition coefficient (Wildman–Crippen LogP) is 3.40. The Morgan fingerprint density at radius 1 is 1.27 bits per heavy atom. The van der Waals surface area contributed by atoms with Gasteiger partial charge in [0.2, 0.25) is 11.8 Å². The number of nitrogens with zero attached hydrogens (tertiary/aromatic N) is 3. The van der Waals surface area contributed by atoms with Crippen LogP contribution < -0.4 is 4.74 Å². The summed E-state index contributed by atoms with van der Waals surface area (Å²) < 4.78 is 7.18. The molecule has 0 fully saturated rings. The maximum absolute atomic E-state index is 11.5. The summed E-state index contributed by atoms with van der Waals surface area (Å²) in [6.07, 6.45) is 2.80. The second kappa shape index (κ2) is 5.28. The average molecular weight is 297 g/mol. The van der Waals surface area contributed by atoms with E-state index >= 15 is 0 Å². The van der Waals surface area contributed by atoms with E-state index in [2.05, 4.69) is 4.98 Å². The maximum Gasteiger partial charge on any atom is 0.287 e. The van der Waals surface area contributed by atoms with Crippen molar-refractivity contribution < 1.29 is 14.5 Å². The topological polar surface area (TPSA) is 87.3 Å². The van der Waals surface area contributed by atoms with E-state index in [4.69, 9.17) is 4.74 Å². The first kappa shape index (κ1) is 13.7. The molecule has 0 saturated carbocycles. The molecule has 0 bridgehead atoms. The van der Waals surface area contributed by atoms with Gasteiger partial charge in [-0.25, -0.2) is 4.98 Å². The highest BCUT2D eigenvalue weighted by molar-refractivity contribution is 5.94. The van der Waals surface area contributed by atoms with Crippen LogP contribution in [0.5, 0.6) is 11.6 Å². The van der Waals surface area contributed by atoms with Crippen LogP contribution >= 0.6 is 0 Å². The zero-order valence-corrected chi connectivity index (χ0v) is 11.6. The Hall–Kier alpha value is -3.22. The molecular formula is C15H11N3O4. The van der Waals surface area contributed by atoms with Gasteiger partial charge in [-0.15, -0.1) is 0 Å². The number of fused-ring (bicyclic) bond motifs is 1. The van der Waals surface area contributed by atoms with Crippen molar-refractivity contribution in [2.75, 3.05) is 0 Å². The van der Waals surface area contributed by atoms with Gasteiger partial charge in [0, 0.05) is 30.6 Å². The molecule has 0 unspecified atom stereocenters. The third-order valence-corrected chi connectivity index (χ3v) is 3.18. The van der Waals surface area contributed by atoms with Gasteiger partial charge >= 0.3 is 0 Å². The van der Waals surface area contributed by atoms with Crippen LogP contribution in [0.1, 0.15) is 11.7 Å². The molecule has 0 atom stereocenters. The quantitative estimate of drug-likeness (QED) is 0.546. The van der Waals surface area contributed by atoms with Crippen LogP contribution in [-0.4, -0.2) is 20.4 Å². The Kier molecular flexibility index (Phi) is 3.30. The third kappa shape index (κ3) is 2.39. The van der Waals surface area contributed by atoms with Crippen molar-refractivity contribution in [3.05, 3.63) is 58.9 Å². The lowest BCUT2D eigenvalue weighted by molar-refractivity contribution is -0.385. The molecule has 2 heterocycles. The monoisotopic (exact) mass is 297 g/mol. The van der Waals surface area contributed by atoms with E-state index in [1.807, 2.05) is 6.07 Å². The average Bonchev–Trinajstić information content (AvgIpc) is 2.93. The van der Waals surface area contributed by atoms with Gasteiger partial charge in [-0.05, 0) is 18.2 Å². The molecule has 0 spiro atoms. The number of hydrogen-bond donors (Lipinski definition) is 0. The molecule has 110 valence electrons. The Morgan fingerprint density at radius 3 is 2.73 bits per heavy atom. The molecule has 7 nitrogen and oxygen atoms in total. The summed E-state index contributed by atoms with van der Waals surface area (Å²) >= 11 is 0. The van der Waals surface area contributed by atoms with E-state index in [9.17, 15) is 14.9 Å². The van der Waals surface area contributed by atoms with Crippen LogP contribution in [0.4, 0.5) is 5.69 Å². The molecule has 0 amide bonds. The van der Waals surface area contributed by atoms with Crippen LogP contribution in [0, 0.1) is 10.1 Å². The highest BCUT2D eigenvalue weighted by atomic mass is 16.6. The molecule has 0 saturated heterocycles. The highest BCUT2D eigenvalue weighted by Crippen LogP contribution is 2.30. The Balaban J connectivity index is 1.97. The van der Waals surface area contributed by atoms with E-state index < -0.39 is 4.92 Å². The van der Waals surface area contributed by atoms with Crippen LogP contribution in [0.3, 0.4) is 0 Å². The summed E-state index contributed by atoms with van der Waals surface area (Å²) in [5.74, 6) is 0.674. The molecule has 22 heavy (non-hydrogen) atoms. The number of benzene rings is 1. The van der Waals surface area contributed by atoms with Crippen molar-refractivity contribution in [1.29, 1.82) is 0 Å². The Labute approximate surface area is 124 Å². The number of ether oxygens (including phenoxy) is 1. The van der Waals surface area contributed by atoms with Gasteiger partial charge < -0.3 is 4.74 Å². The summed E-state index contributed by atoms with van der Waals surface area (Å²) in [6.45, 7) is 1.48. The van der Waals surface area contributed by atoms with Crippen molar-refractivity contribution in [1.82, 2.24) is 9.55 Å². The molecule has 0 aliphatic heterocycles. The summed E-state index contributed by atoms with van der Waals surface area (Å²) in [4.78, 5) is 25.5. The predicted molar refractivity (Wildman–Crippen MR) is 79.2 cm³/mol. The van der Waals surface area contributed by atoms with Gasteiger partial charge in [0.1, 0.15) is 11.9 Å². The summed E-state index contributed by atoms with van der Waals surface area (Å²) in [5, 5.41) is 11.4. The molecule has 0 aliphatic rings. The number of carbonyl (C=O) groups excluding carboxylic acids is 1. The van der Waals surface area contributed by atoms with Crippen molar-refractivity contribution >= 4 is 22.5 Å². The summed E-state index contributed by atoms with van der Waals surface area (Å²) in [5.41, 5.74) is 0.625. The van der Waals surface area contributed by atoms with Gasteiger partial charge in [0.25, 0.3) is 5.69 Å². The van der Waals surface area contributed by atoms with Gasteiger partial charge in [-0.2, -0.15) is 0 Å². The standard InChI is InChI=1S/C15H11N3O4/c1-10(19)17-8-7-12-13(17)3-2-4-14(12)22-15-6-5-11(9-16-15)18(20)21/h2-9H,1H3. The van der Waals surface area contributed by atoms with E-state index in [0.717, 1.165) is 17.1 Å². The number of nitro groups is 1. The number of carbonyl (C=O) groups is 1. The minimum atomic E-state index is -0.523. The fraction of sp³-hybridized carbons (Fsp3) is 0.0667. The van der Waals surface area contributed by atoms with Crippen LogP contribution in [0.25, 0.3) is 10.9 Å². The van der Waals surface area contributed by atoms with Gasteiger partial charge in [-0.1, -0.05) is 6.07 Å². The zero-order chi connectivity index (χ0) is 15.7. The minimum Gasteiger partial charge on any atom is -0.438 e. The first-order chi connectivity index (χ1) is 10.6. The first-order valence-corrected chi connectivity index (χ1v) is 6.45. The van der Waals surface area contributed by atoms with Gasteiger partial charge in [0.05, 0.1) is 10.4 Å². The van der Waals surface area contributed by atoms with Crippen molar-refractivity contribution in [3.63, 3.8) is 0 Å². The Morgan fingerprint density at radius 2 is 2.09 bits per heavy atom. The lowest BCUT2D eigenvalue weighted by Crippen LogP contribution is -2.02. The number of hydrogen-bond acceptors (Lipinski definition) is 5. The van der Waals surface area contributed by atoms with Crippen LogP contribution in [-0.2, 0) is 0 Å². The molecule has 7 heteroatoms. The first-order valence-electron chi connectivity index (χ1n) is 6.45. The zero-order valence-electron chi connectivity index (χ0n) is 11.6. The maximum atomic E-state index is 11.5. The molecule has 3 rings (SSSR count). The summed E-state index contributed by atoms with van der Waals surface area (Å²) in [6, 6.07) is 9.85. The smallest absolute Gasteiger partial charge is 0.287 e.